The Hall–Kier alpha value is -1.47. The average Bonchev–Trinajstić information content (AvgIpc) is 2.07. The van der Waals surface area contributed by atoms with Crippen LogP contribution in [0.3, 0.4) is 0 Å². The van der Waals surface area contributed by atoms with Gasteiger partial charge in [0, 0.05) is 5.54 Å². The maximum Gasteiger partial charge on any atom is 0.405 e. The van der Waals surface area contributed by atoms with Gasteiger partial charge in [-0.25, -0.2) is 4.79 Å². The molecule has 5 nitrogen and oxygen atoms in total. The third kappa shape index (κ3) is 10.8. The fourth-order valence-electron chi connectivity index (χ4n) is 0.807. The van der Waals surface area contributed by atoms with Crippen molar-refractivity contribution in [2.75, 3.05) is 13.1 Å². The smallest absolute Gasteiger partial charge is 0.345 e. The summed E-state index contributed by atoms with van der Waals surface area (Å²) in [6.45, 7) is 3.29. The minimum absolute atomic E-state index is 0.480. The number of halogens is 3. The predicted molar refractivity (Wildman–Crippen MR) is 55.4 cm³/mol. The Kier molecular flexibility index (Phi) is 5.24. The largest absolute Gasteiger partial charge is 0.405 e. The summed E-state index contributed by atoms with van der Waals surface area (Å²) in [6.07, 6.45) is -4.46. The van der Waals surface area contributed by atoms with Crippen LogP contribution in [0.25, 0.3) is 0 Å². The van der Waals surface area contributed by atoms with Crippen LogP contribution in [0, 0.1) is 0 Å². The summed E-state index contributed by atoms with van der Waals surface area (Å²) in [5, 5.41) is 6.27. The molecule has 100 valence electrons. The highest BCUT2D eigenvalue weighted by molar-refractivity contribution is 5.84. The van der Waals surface area contributed by atoms with Gasteiger partial charge in [-0.15, -0.1) is 0 Å². The Morgan fingerprint density at radius 3 is 2.00 bits per heavy atom. The molecule has 0 saturated carbocycles. The molecule has 0 heterocycles. The molecule has 0 bridgehead atoms. The van der Waals surface area contributed by atoms with E-state index in [1.54, 1.807) is 26.1 Å². The van der Waals surface area contributed by atoms with Crippen LogP contribution >= 0.6 is 0 Å². The fraction of sp³-hybridized carbons (Fsp3) is 0.778. The van der Waals surface area contributed by atoms with Gasteiger partial charge in [-0.2, -0.15) is 13.2 Å². The minimum Gasteiger partial charge on any atom is -0.345 e. The molecule has 0 rings (SSSR count). The van der Waals surface area contributed by atoms with E-state index >= 15 is 0 Å². The Morgan fingerprint density at radius 2 is 1.59 bits per heavy atom. The molecule has 0 aliphatic carbocycles. The van der Waals surface area contributed by atoms with E-state index in [4.69, 9.17) is 0 Å². The van der Waals surface area contributed by atoms with Crippen molar-refractivity contribution < 1.29 is 22.8 Å². The van der Waals surface area contributed by atoms with Gasteiger partial charge in [-0.05, 0) is 20.8 Å². The van der Waals surface area contributed by atoms with Crippen LogP contribution in [-0.2, 0) is 4.79 Å². The summed E-state index contributed by atoms with van der Waals surface area (Å²) >= 11 is 0. The molecule has 0 aliphatic rings. The average molecular weight is 255 g/mol. The summed E-state index contributed by atoms with van der Waals surface area (Å²) in [4.78, 5) is 22.0. The SMILES string of the molecule is CC(C)(C)NC(=O)NCC(=O)NCC(F)(F)F. The van der Waals surface area contributed by atoms with Crippen molar-refractivity contribution >= 4 is 11.9 Å². The molecule has 0 radical (unpaired) electrons. The molecule has 0 spiro atoms. The van der Waals surface area contributed by atoms with E-state index in [1.807, 2.05) is 0 Å². The third-order valence-electron chi connectivity index (χ3n) is 1.38. The topological polar surface area (TPSA) is 70.2 Å². The second-order valence-corrected chi connectivity index (χ2v) is 4.45. The number of hydrogen-bond acceptors (Lipinski definition) is 2. The van der Waals surface area contributed by atoms with Crippen LogP contribution < -0.4 is 16.0 Å². The van der Waals surface area contributed by atoms with Crippen LogP contribution in [0.15, 0.2) is 0 Å². The summed E-state index contributed by atoms with van der Waals surface area (Å²) in [5.74, 6) is -0.897. The summed E-state index contributed by atoms with van der Waals surface area (Å²) in [6, 6.07) is -0.611. The zero-order valence-electron chi connectivity index (χ0n) is 9.86. The molecular weight excluding hydrogens is 239 g/mol. The number of hydrogen-bond donors (Lipinski definition) is 3. The normalized spacial score (nSPS) is 11.9. The number of amides is 3. The predicted octanol–water partition coefficient (Wildman–Crippen LogP) is 0.763. The molecular formula is C9H16F3N3O2. The molecule has 3 amide bonds. The van der Waals surface area contributed by atoms with Crippen LogP contribution in [0.1, 0.15) is 20.8 Å². The molecule has 8 heteroatoms. The molecule has 0 aromatic carbocycles. The van der Waals surface area contributed by atoms with Crippen LogP contribution in [-0.4, -0.2) is 36.7 Å². The van der Waals surface area contributed by atoms with Crippen molar-refractivity contribution in [2.45, 2.75) is 32.5 Å². The number of nitrogens with one attached hydrogen (secondary N) is 3. The number of rotatable bonds is 3. The molecule has 0 aromatic heterocycles. The Bertz CT molecular complexity index is 284. The lowest BCUT2D eigenvalue weighted by molar-refractivity contribution is -0.137. The van der Waals surface area contributed by atoms with Gasteiger partial charge in [-0.3, -0.25) is 4.79 Å². The van der Waals surface area contributed by atoms with Gasteiger partial charge >= 0.3 is 12.2 Å². The van der Waals surface area contributed by atoms with Gasteiger partial charge < -0.3 is 16.0 Å². The van der Waals surface area contributed by atoms with Crippen molar-refractivity contribution in [3.63, 3.8) is 0 Å². The highest BCUT2D eigenvalue weighted by Gasteiger charge is 2.27. The van der Waals surface area contributed by atoms with E-state index in [1.165, 1.54) is 0 Å². The summed E-state index contributed by atoms with van der Waals surface area (Å²) < 4.78 is 35.2. The summed E-state index contributed by atoms with van der Waals surface area (Å²) in [5.41, 5.74) is -0.480. The van der Waals surface area contributed by atoms with Gasteiger partial charge in [0.2, 0.25) is 5.91 Å². The highest BCUT2D eigenvalue weighted by atomic mass is 19.4. The van der Waals surface area contributed by atoms with Gasteiger partial charge in [0.15, 0.2) is 0 Å². The maximum atomic E-state index is 11.7. The molecule has 0 fully saturated rings. The molecule has 0 aliphatic heterocycles. The molecule has 17 heavy (non-hydrogen) atoms. The first kappa shape index (κ1) is 15.5. The Balaban J connectivity index is 3.82. The van der Waals surface area contributed by atoms with Gasteiger partial charge in [0.1, 0.15) is 6.54 Å². The summed E-state index contributed by atoms with van der Waals surface area (Å²) in [7, 11) is 0. The van der Waals surface area contributed by atoms with E-state index in [0.717, 1.165) is 0 Å². The molecule has 0 saturated heterocycles. The van der Waals surface area contributed by atoms with Crippen molar-refractivity contribution in [3.8, 4) is 0 Å². The molecule has 0 aromatic rings. The van der Waals surface area contributed by atoms with E-state index in [0.29, 0.717) is 0 Å². The molecule has 0 unspecified atom stereocenters. The van der Waals surface area contributed by atoms with Crippen LogP contribution in [0.2, 0.25) is 0 Å². The van der Waals surface area contributed by atoms with Gasteiger partial charge in [-0.1, -0.05) is 0 Å². The standard InChI is InChI=1S/C9H16F3N3O2/c1-8(2,3)15-7(17)13-4-6(16)14-5-9(10,11)12/h4-5H2,1-3H3,(H,14,16)(H2,13,15,17). The van der Waals surface area contributed by atoms with Gasteiger partial charge in [0.25, 0.3) is 0 Å². The lowest BCUT2D eigenvalue weighted by Gasteiger charge is -2.20. The zero-order valence-corrected chi connectivity index (χ0v) is 9.86. The van der Waals surface area contributed by atoms with Crippen molar-refractivity contribution in [2.24, 2.45) is 0 Å². The number of carbonyl (C=O) groups excluding carboxylic acids is 2. The van der Waals surface area contributed by atoms with Crippen molar-refractivity contribution in [1.82, 2.24) is 16.0 Å². The number of urea groups is 1. The third-order valence-corrected chi connectivity index (χ3v) is 1.38. The van der Waals surface area contributed by atoms with E-state index in [2.05, 4.69) is 10.6 Å². The lowest BCUT2D eigenvalue weighted by atomic mass is 10.1. The Labute approximate surface area is 97.1 Å². The first-order valence-electron chi connectivity index (χ1n) is 4.89. The van der Waals surface area contributed by atoms with Crippen molar-refractivity contribution in [1.29, 1.82) is 0 Å². The molecule has 0 atom stereocenters. The highest BCUT2D eigenvalue weighted by Crippen LogP contribution is 2.11. The monoisotopic (exact) mass is 255 g/mol. The lowest BCUT2D eigenvalue weighted by Crippen LogP contribution is -2.49. The molecule has 3 N–H and O–H groups in total. The minimum atomic E-state index is -4.46. The second-order valence-electron chi connectivity index (χ2n) is 4.45. The van der Waals surface area contributed by atoms with E-state index < -0.39 is 36.7 Å². The second kappa shape index (κ2) is 5.74. The van der Waals surface area contributed by atoms with Crippen LogP contribution in [0.5, 0.6) is 0 Å². The first-order valence-corrected chi connectivity index (χ1v) is 4.89. The first-order chi connectivity index (χ1) is 7.49. The fourth-order valence-corrected chi connectivity index (χ4v) is 0.807. The van der Waals surface area contributed by atoms with E-state index in [9.17, 15) is 22.8 Å². The van der Waals surface area contributed by atoms with Gasteiger partial charge in [0.05, 0.1) is 6.54 Å². The zero-order chi connectivity index (χ0) is 13.7. The number of carbonyl (C=O) groups is 2. The quantitative estimate of drug-likeness (QED) is 0.697. The number of alkyl halides is 3. The Morgan fingerprint density at radius 1 is 1.06 bits per heavy atom. The van der Waals surface area contributed by atoms with Crippen molar-refractivity contribution in [3.05, 3.63) is 0 Å². The van der Waals surface area contributed by atoms with E-state index in [-0.39, 0.29) is 0 Å². The maximum absolute atomic E-state index is 11.7. The van der Waals surface area contributed by atoms with Crippen LogP contribution in [0.4, 0.5) is 18.0 Å².